The summed E-state index contributed by atoms with van der Waals surface area (Å²) in [5.41, 5.74) is 4.06. The molecular formula is C26H30N2O6. The summed E-state index contributed by atoms with van der Waals surface area (Å²) < 4.78 is 11.0. The van der Waals surface area contributed by atoms with E-state index in [9.17, 15) is 19.5 Å². The van der Waals surface area contributed by atoms with Gasteiger partial charge in [-0.15, -0.1) is 0 Å². The highest BCUT2D eigenvalue weighted by Gasteiger charge is 2.36. The Hall–Kier alpha value is -3.39. The number of fused-ring (bicyclic) bond motifs is 3. The van der Waals surface area contributed by atoms with Crippen LogP contribution >= 0.6 is 0 Å². The molecular weight excluding hydrogens is 436 g/mol. The van der Waals surface area contributed by atoms with Crippen molar-refractivity contribution >= 4 is 18.0 Å². The summed E-state index contributed by atoms with van der Waals surface area (Å²) >= 11 is 0. The first kappa shape index (κ1) is 23.8. The van der Waals surface area contributed by atoms with E-state index >= 15 is 0 Å². The molecule has 34 heavy (non-hydrogen) atoms. The number of hydrogen-bond donors (Lipinski definition) is 2. The number of carboxylic acids is 1. The zero-order valence-corrected chi connectivity index (χ0v) is 19.5. The van der Waals surface area contributed by atoms with E-state index in [0.29, 0.717) is 25.9 Å². The lowest BCUT2D eigenvalue weighted by molar-refractivity contribution is -0.144. The second kappa shape index (κ2) is 9.85. The summed E-state index contributed by atoms with van der Waals surface area (Å²) in [6.07, 6.45) is -0.0405. The van der Waals surface area contributed by atoms with Gasteiger partial charge in [0.15, 0.2) is 0 Å². The van der Waals surface area contributed by atoms with Gasteiger partial charge in [0.1, 0.15) is 12.6 Å². The first-order chi connectivity index (χ1) is 16.3. The lowest BCUT2D eigenvalue weighted by Gasteiger charge is -2.39. The van der Waals surface area contributed by atoms with Crippen LogP contribution in [0.2, 0.25) is 0 Å². The maximum atomic E-state index is 13.0. The summed E-state index contributed by atoms with van der Waals surface area (Å²) in [6.45, 7) is 2.94. The van der Waals surface area contributed by atoms with E-state index in [4.69, 9.17) is 9.47 Å². The van der Waals surface area contributed by atoms with Crippen LogP contribution in [0.15, 0.2) is 48.5 Å². The first-order valence-electron chi connectivity index (χ1n) is 11.5. The van der Waals surface area contributed by atoms with Gasteiger partial charge in [-0.3, -0.25) is 9.59 Å². The molecule has 8 nitrogen and oxygen atoms in total. The van der Waals surface area contributed by atoms with E-state index < -0.39 is 30.4 Å². The van der Waals surface area contributed by atoms with Gasteiger partial charge in [0, 0.05) is 26.1 Å². The number of amides is 2. The molecule has 0 aromatic heterocycles. The number of methoxy groups -OCH3 is 1. The number of rotatable bonds is 7. The number of hydrogen-bond acceptors (Lipinski definition) is 5. The molecule has 1 unspecified atom stereocenters. The lowest BCUT2D eigenvalue weighted by atomic mass is 9.93. The number of carboxylic acid groups (broad SMARTS) is 1. The van der Waals surface area contributed by atoms with E-state index in [0.717, 1.165) is 22.3 Å². The number of alkyl carbamates (subject to hydrolysis) is 1. The van der Waals surface area contributed by atoms with Gasteiger partial charge in [-0.05, 0) is 42.0 Å². The smallest absolute Gasteiger partial charge is 0.407 e. The topological polar surface area (TPSA) is 105 Å². The molecule has 0 bridgehead atoms. The van der Waals surface area contributed by atoms with Gasteiger partial charge in [-0.1, -0.05) is 48.5 Å². The Morgan fingerprint density at radius 1 is 1.06 bits per heavy atom. The largest absolute Gasteiger partial charge is 0.481 e. The van der Waals surface area contributed by atoms with E-state index in [1.54, 1.807) is 12.0 Å². The highest BCUT2D eigenvalue weighted by atomic mass is 16.5. The van der Waals surface area contributed by atoms with Crippen LogP contribution in [0.4, 0.5) is 4.79 Å². The maximum absolute atomic E-state index is 13.0. The van der Waals surface area contributed by atoms with E-state index in [1.165, 1.54) is 0 Å². The highest BCUT2D eigenvalue weighted by molar-refractivity contribution is 5.89. The van der Waals surface area contributed by atoms with Gasteiger partial charge >= 0.3 is 12.1 Å². The molecule has 8 heteroatoms. The number of nitrogens with zero attached hydrogens (tertiary/aromatic N) is 1. The summed E-state index contributed by atoms with van der Waals surface area (Å²) in [4.78, 5) is 38.6. The average molecular weight is 467 g/mol. The number of ether oxygens (including phenoxy) is 2. The van der Waals surface area contributed by atoms with Crippen LogP contribution in [0.3, 0.4) is 0 Å². The molecule has 4 rings (SSSR count). The van der Waals surface area contributed by atoms with Gasteiger partial charge in [-0.2, -0.15) is 0 Å². The molecule has 2 N–H and O–H groups in total. The molecule has 1 aliphatic carbocycles. The third kappa shape index (κ3) is 4.92. The Morgan fingerprint density at radius 3 is 2.15 bits per heavy atom. The van der Waals surface area contributed by atoms with E-state index in [-0.39, 0.29) is 18.1 Å². The van der Waals surface area contributed by atoms with Crippen molar-refractivity contribution in [3.8, 4) is 11.1 Å². The van der Waals surface area contributed by atoms with Gasteiger partial charge in [0.25, 0.3) is 0 Å². The first-order valence-corrected chi connectivity index (χ1v) is 11.5. The third-order valence-electron chi connectivity index (χ3n) is 6.94. The van der Waals surface area contributed by atoms with Crippen LogP contribution < -0.4 is 5.32 Å². The molecule has 2 aromatic carbocycles. The Morgan fingerprint density at radius 2 is 1.62 bits per heavy atom. The van der Waals surface area contributed by atoms with Gasteiger partial charge in [0.2, 0.25) is 5.91 Å². The standard InChI is InChI=1S/C26H30N2O6/c1-26(33-2)11-13-28(14-12-26)24(31)22(15-23(29)30)27-25(32)34-16-21-19-9-5-3-7-17(19)18-8-4-6-10-20(18)21/h3-10,21-22H,11-16H2,1-2H3,(H,27,32)(H,29,30). The van der Waals surface area contributed by atoms with Crippen LogP contribution in [0.25, 0.3) is 11.1 Å². The normalized spacial score (nSPS) is 17.4. The monoisotopic (exact) mass is 466 g/mol. The molecule has 1 heterocycles. The highest BCUT2D eigenvalue weighted by Crippen LogP contribution is 2.44. The summed E-state index contributed by atoms with van der Waals surface area (Å²) in [5, 5.41) is 11.8. The Balaban J connectivity index is 1.40. The Kier molecular flexibility index (Phi) is 6.88. The average Bonchev–Trinajstić information content (AvgIpc) is 3.16. The van der Waals surface area contributed by atoms with Crippen molar-refractivity contribution in [1.29, 1.82) is 0 Å². The van der Waals surface area contributed by atoms with Crippen LogP contribution in [0, 0.1) is 0 Å². The molecule has 0 radical (unpaired) electrons. The molecule has 1 aliphatic heterocycles. The van der Waals surface area contributed by atoms with Crippen LogP contribution in [0.1, 0.15) is 43.2 Å². The molecule has 0 saturated carbocycles. The molecule has 2 aliphatic rings. The zero-order chi connectivity index (χ0) is 24.3. The molecule has 1 saturated heterocycles. The van der Waals surface area contributed by atoms with Crippen molar-refractivity contribution < 1.29 is 29.0 Å². The van der Waals surface area contributed by atoms with Crippen LogP contribution in [-0.2, 0) is 19.1 Å². The number of carbonyl (C=O) groups is 3. The Labute approximate surface area is 198 Å². The summed E-state index contributed by atoms with van der Waals surface area (Å²) in [7, 11) is 1.64. The molecule has 1 fully saturated rings. The Bertz CT molecular complexity index is 1030. The van der Waals surface area contributed by atoms with Crippen molar-refractivity contribution in [2.75, 3.05) is 26.8 Å². The fourth-order valence-corrected chi connectivity index (χ4v) is 4.78. The number of likely N-dealkylation sites (tertiary alicyclic amines) is 1. The third-order valence-corrected chi connectivity index (χ3v) is 6.94. The minimum absolute atomic E-state index is 0.0871. The quantitative estimate of drug-likeness (QED) is 0.648. The maximum Gasteiger partial charge on any atom is 0.407 e. The van der Waals surface area contributed by atoms with Gasteiger partial charge < -0.3 is 24.8 Å². The fraction of sp³-hybridized carbons (Fsp3) is 0.423. The van der Waals surface area contributed by atoms with Gasteiger partial charge in [0.05, 0.1) is 12.0 Å². The number of carbonyl (C=O) groups excluding carboxylic acids is 2. The van der Waals surface area contributed by atoms with E-state index in [2.05, 4.69) is 5.32 Å². The SMILES string of the molecule is COC1(C)CCN(C(=O)C(CC(=O)O)NC(=O)OCC2c3ccccc3-c3ccccc32)CC1. The lowest BCUT2D eigenvalue weighted by Crippen LogP contribution is -2.54. The molecule has 2 aromatic rings. The van der Waals surface area contributed by atoms with Gasteiger partial charge in [-0.25, -0.2) is 4.79 Å². The fourth-order valence-electron chi connectivity index (χ4n) is 4.78. The predicted octanol–water partition coefficient (Wildman–Crippen LogP) is 3.40. The van der Waals surface area contributed by atoms with Crippen LogP contribution in [-0.4, -0.2) is 66.4 Å². The predicted molar refractivity (Wildman–Crippen MR) is 125 cm³/mol. The zero-order valence-electron chi connectivity index (χ0n) is 19.5. The van der Waals surface area contributed by atoms with Crippen molar-refractivity contribution in [3.63, 3.8) is 0 Å². The molecule has 180 valence electrons. The second-order valence-corrected chi connectivity index (χ2v) is 9.10. The number of nitrogens with one attached hydrogen (secondary N) is 1. The molecule has 1 atom stereocenters. The van der Waals surface area contributed by atoms with E-state index in [1.807, 2.05) is 55.5 Å². The van der Waals surface area contributed by atoms with Crippen molar-refractivity contribution in [3.05, 3.63) is 59.7 Å². The van der Waals surface area contributed by atoms with Crippen molar-refractivity contribution in [2.45, 2.75) is 43.7 Å². The van der Waals surface area contributed by atoms with Crippen molar-refractivity contribution in [2.24, 2.45) is 0 Å². The minimum Gasteiger partial charge on any atom is -0.481 e. The molecule has 2 amide bonds. The number of benzene rings is 2. The summed E-state index contributed by atoms with van der Waals surface area (Å²) in [5.74, 6) is -1.72. The molecule has 0 spiro atoms. The summed E-state index contributed by atoms with van der Waals surface area (Å²) in [6, 6.07) is 14.8. The number of piperidine rings is 1. The van der Waals surface area contributed by atoms with Crippen LogP contribution in [0.5, 0.6) is 0 Å². The number of aliphatic carboxylic acids is 1. The van der Waals surface area contributed by atoms with Crippen molar-refractivity contribution in [1.82, 2.24) is 10.2 Å². The minimum atomic E-state index is -1.19. The second-order valence-electron chi connectivity index (χ2n) is 9.10.